The van der Waals surface area contributed by atoms with Crippen molar-refractivity contribution in [1.82, 2.24) is 10.6 Å². The average molecular weight is 510 g/mol. The molecule has 0 saturated carbocycles. The first-order valence-electron chi connectivity index (χ1n) is 7.11. The number of hydrogen-bond acceptors (Lipinski definition) is 3. The predicted molar refractivity (Wildman–Crippen MR) is 112 cm³/mol. The minimum Gasteiger partial charge on any atom is -0.496 e. The Labute approximate surface area is 166 Å². The van der Waals surface area contributed by atoms with Gasteiger partial charge >= 0.3 is 0 Å². The highest BCUT2D eigenvalue weighted by molar-refractivity contribution is 14.0. The van der Waals surface area contributed by atoms with Gasteiger partial charge in [0.1, 0.15) is 5.75 Å². The van der Waals surface area contributed by atoms with E-state index in [1.807, 2.05) is 24.3 Å². The number of methoxy groups -OCH3 is 1. The third-order valence-electron chi connectivity index (χ3n) is 3.00. The largest absolute Gasteiger partial charge is 0.496 e. The van der Waals surface area contributed by atoms with E-state index in [0.717, 1.165) is 34.1 Å². The van der Waals surface area contributed by atoms with Crippen molar-refractivity contribution in [1.29, 1.82) is 0 Å². The Morgan fingerprint density at radius 1 is 1.22 bits per heavy atom. The lowest BCUT2D eigenvalue weighted by Gasteiger charge is -2.11. The zero-order chi connectivity index (χ0) is 15.8. The molecule has 1 aromatic carbocycles. The number of guanidine groups is 1. The molecule has 2 N–H and O–H groups in total. The molecule has 0 fully saturated rings. The van der Waals surface area contributed by atoms with Gasteiger partial charge in [-0.3, -0.25) is 0 Å². The van der Waals surface area contributed by atoms with Crippen LogP contribution < -0.4 is 15.4 Å². The van der Waals surface area contributed by atoms with Gasteiger partial charge in [0.25, 0.3) is 0 Å². The Kier molecular flexibility index (Phi) is 9.57. The quantitative estimate of drug-likeness (QED) is 0.345. The van der Waals surface area contributed by atoms with Crippen molar-refractivity contribution in [2.24, 2.45) is 4.99 Å². The van der Waals surface area contributed by atoms with Gasteiger partial charge in [-0.05, 0) is 41.1 Å². The van der Waals surface area contributed by atoms with E-state index in [4.69, 9.17) is 4.74 Å². The summed E-state index contributed by atoms with van der Waals surface area (Å²) < 4.78 is 6.50. The topological polar surface area (TPSA) is 45.7 Å². The highest BCUT2D eigenvalue weighted by atomic mass is 127. The molecule has 0 aliphatic carbocycles. The number of para-hydroxylation sites is 1. The summed E-state index contributed by atoms with van der Waals surface area (Å²) >= 11 is 5.20. The van der Waals surface area contributed by atoms with Crippen LogP contribution in [0.3, 0.4) is 0 Å². The number of rotatable bonds is 6. The molecule has 0 spiro atoms. The zero-order valence-corrected chi connectivity index (χ0v) is 17.9. The third-order valence-corrected chi connectivity index (χ3v) is 4.63. The molecule has 23 heavy (non-hydrogen) atoms. The van der Waals surface area contributed by atoms with Crippen LogP contribution in [0.5, 0.6) is 5.75 Å². The van der Waals surface area contributed by atoms with Crippen molar-refractivity contribution in [2.45, 2.75) is 20.0 Å². The first kappa shape index (κ1) is 20.2. The summed E-state index contributed by atoms with van der Waals surface area (Å²) in [6.07, 6.45) is 0. The maximum atomic E-state index is 5.36. The highest BCUT2D eigenvalue weighted by Gasteiger charge is 2.03. The Morgan fingerprint density at radius 3 is 2.65 bits per heavy atom. The lowest BCUT2D eigenvalue weighted by atomic mass is 10.2. The lowest BCUT2D eigenvalue weighted by Crippen LogP contribution is -2.36. The molecule has 4 nitrogen and oxygen atoms in total. The molecule has 7 heteroatoms. The van der Waals surface area contributed by atoms with Crippen LogP contribution in [0.1, 0.15) is 17.4 Å². The summed E-state index contributed by atoms with van der Waals surface area (Å²) in [4.78, 5) is 5.88. The fraction of sp³-hybridized carbons (Fsp3) is 0.312. The molecule has 0 atom stereocenters. The maximum absolute atomic E-state index is 5.36. The van der Waals surface area contributed by atoms with Crippen LogP contribution >= 0.6 is 51.2 Å². The Bertz CT molecular complexity index is 633. The number of nitrogens with one attached hydrogen (secondary N) is 2. The lowest BCUT2D eigenvalue weighted by molar-refractivity contribution is 0.410. The Balaban J connectivity index is 0.00000264. The average Bonchev–Trinajstić information content (AvgIpc) is 2.96. The minimum absolute atomic E-state index is 0. The Hall–Kier alpha value is -0.800. The van der Waals surface area contributed by atoms with Crippen molar-refractivity contribution >= 4 is 57.2 Å². The first-order valence-corrected chi connectivity index (χ1v) is 8.72. The molecule has 1 heterocycles. The second-order valence-electron chi connectivity index (χ2n) is 4.57. The van der Waals surface area contributed by atoms with Crippen LogP contribution in [-0.4, -0.2) is 19.6 Å². The molecule has 2 aromatic rings. The van der Waals surface area contributed by atoms with Crippen molar-refractivity contribution in [2.75, 3.05) is 13.7 Å². The number of thiophene rings is 1. The number of aliphatic imine (C=N–C) groups is 1. The van der Waals surface area contributed by atoms with E-state index in [1.54, 1.807) is 18.4 Å². The van der Waals surface area contributed by atoms with Crippen LogP contribution in [0.4, 0.5) is 0 Å². The van der Waals surface area contributed by atoms with Gasteiger partial charge < -0.3 is 15.4 Å². The van der Waals surface area contributed by atoms with Crippen molar-refractivity contribution in [3.8, 4) is 5.75 Å². The number of hydrogen-bond donors (Lipinski definition) is 2. The second-order valence-corrected chi connectivity index (χ2v) is 7.11. The highest BCUT2D eigenvalue weighted by Crippen LogP contribution is 2.21. The maximum Gasteiger partial charge on any atom is 0.191 e. The molecule has 1 aromatic heterocycles. The number of halogens is 2. The summed E-state index contributed by atoms with van der Waals surface area (Å²) in [6, 6.07) is 12.1. The molecule has 0 radical (unpaired) electrons. The smallest absolute Gasteiger partial charge is 0.191 e. The van der Waals surface area contributed by atoms with Gasteiger partial charge in [0.15, 0.2) is 5.96 Å². The molecule has 0 unspecified atom stereocenters. The van der Waals surface area contributed by atoms with E-state index in [-0.39, 0.29) is 24.0 Å². The summed E-state index contributed by atoms with van der Waals surface area (Å²) in [5.41, 5.74) is 1.07. The number of nitrogens with zero attached hydrogens (tertiary/aromatic N) is 1. The first-order chi connectivity index (χ1) is 10.7. The van der Waals surface area contributed by atoms with Crippen LogP contribution in [0.2, 0.25) is 0 Å². The van der Waals surface area contributed by atoms with E-state index in [9.17, 15) is 0 Å². The number of benzene rings is 1. The molecule has 0 aliphatic heterocycles. The summed E-state index contributed by atoms with van der Waals surface area (Å²) in [7, 11) is 1.68. The van der Waals surface area contributed by atoms with Crippen molar-refractivity contribution in [3.05, 3.63) is 50.6 Å². The third kappa shape index (κ3) is 6.68. The zero-order valence-electron chi connectivity index (χ0n) is 13.1. The normalized spacial score (nSPS) is 10.8. The van der Waals surface area contributed by atoms with E-state index >= 15 is 0 Å². The molecule has 0 bridgehead atoms. The molecule has 2 rings (SSSR count). The fourth-order valence-electron chi connectivity index (χ4n) is 1.96. The van der Waals surface area contributed by atoms with E-state index < -0.39 is 0 Å². The van der Waals surface area contributed by atoms with Gasteiger partial charge in [-0.2, -0.15) is 0 Å². The molecular weight excluding hydrogens is 489 g/mol. The fourth-order valence-corrected chi connectivity index (χ4v) is 3.38. The van der Waals surface area contributed by atoms with Crippen molar-refractivity contribution in [3.63, 3.8) is 0 Å². The monoisotopic (exact) mass is 509 g/mol. The van der Waals surface area contributed by atoms with Gasteiger partial charge in [-0.15, -0.1) is 35.3 Å². The summed E-state index contributed by atoms with van der Waals surface area (Å²) in [5.74, 6) is 1.67. The summed E-state index contributed by atoms with van der Waals surface area (Å²) in [6.45, 7) is 4.22. The molecular formula is C16H21BrIN3OS. The van der Waals surface area contributed by atoms with Gasteiger partial charge in [0.05, 0.1) is 24.0 Å². The molecule has 0 amide bonds. The van der Waals surface area contributed by atoms with Crippen LogP contribution in [-0.2, 0) is 13.1 Å². The van der Waals surface area contributed by atoms with Gasteiger partial charge in [0, 0.05) is 17.0 Å². The minimum atomic E-state index is 0. The molecule has 0 saturated heterocycles. The van der Waals surface area contributed by atoms with E-state index in [2.05, 4.69) is 50.6 Å². The summed E-state index contributed by atoms with van der Waals surface area (Å²) in [5, 5.41) is 6.60. The van der Waals surface area contributed by atoms with Crippen LogP contribution in [0, 0.1) is 0 Å². The van der Waals surface area contributed by atoms with Gasteiger partial charge in [0.2, 0.25) is 0 Å². The second kappa shape index (κ2) is 10.9. The van der Waals surface area contributed by atoms with Gasteiger partial charge in [-0.25, -0.2) is 4.99 Å². The molecule has 0 aliphatic rings. The van der Waals surface area contributed by atoms with Gasteiger partial charge in [-0.1, -0.05) is 18.2 Å². The molecule has 126 valence electrons. The SMILES string of the molecule is CCNC(=NCc1ccccc1OC)NCc1ccc(Br)s1.I. The van der Waals surface area contributed by atoms with Crippen LogP contribution in [0.15, 0.2) is 45.2 Å². The number of ether oxygens (including phenoxy) is 1. The van der Waals surface area contributed by atoms with E-state index in [1.165, 1.54) is 4.88 Å². The van der Waals surface area contributed by atoms with Crippen LogP contribution in [0.25, 0.3) is 0 Å². The van der Waals surface area contributed by atoms with E-state index in [0.29, 0.717) is 6.54 Å². The Morgan fingerprint density at radius 2 is 2.00 bits per heavy atom. The predicted octanol–water partition coefficient (Wildman–Crippen LogP) is 4.39. The van der Waals surface area contributed by atoms with Crippen molar-refractivity contribution < 1.29 is 4.74 Å². The standard InChI is InChI=1S/C16H20BrN3OS.HI/c1-3-18-16(20-11-13-8-9-15(17)22-13)19-10-12-6-4-5-7-14(12)21-2;/h4-9H,3,10-11H2,1-2H3,(H2,18,19,20);1H.